The number of nitro groups is 1. The molecule has 3 aromatic carbocycles. The normalized spacial score (nSPS) is 14.3. The van der Waals surface area contributed by atoms with E-state index in [2.05, 4.69) is 31.4 Å². The Bertz CT molecular complexity index is 1740. The fourth-order valence-corrected chi connectivity index (χ4v) is 5.83. The summed E-state index contributed by atoms with van der Waals surface area (Å²) in [5.74, 6) is 0.598. The maximum Gasteiger partial charge on any atom is 0.273 e. The predicted octanol–water partition coefficient (Wildman–Crippen LogP) is 5.20. The van der Waals surface area contributed by atoms with Gasteiger partial charge in [0.25, 0.3) is 17.5 Å². The Morgan fingerprint density at radius 2 is 1.84 bits per heavy atom. The van der Waals surface area contributed by atoms with E-state index in [0.29, 0.717) is 17.4 Å². The summed E-state index contributed by atoms with van der Waals surface area (Å²) in [6.07, 6.45) is 0.558. The summed E-state index contributed by atoms with van der Waals surface area (Å²) < 4.78 is 7.95. The lowest BCUT2D eigenvalue weighted by atomic mass is 9.98. The lowest BCUT2D eigenvalue weighted by Crippen LogP contribution is -2.28. The summed E-state index contributed by atoms with van der Waals surface area (Å²) in [6.45, 7) is 1.58. The molecule has 0 saturated heterocycles. The highest BCUT2D eigenvalue weighted by atomic mass is 79.9. The lowest BCUT2D eigenvalue weighted by molar-refractivity contribution is -0.385. The summed E-state index contributed by atoms with van der Waals surface area (Å²) in [6, 6.07) is 19.5. The van der Waals surface area contributed by atoms with Crippen LogP contribution in [0.25, 0.3) is 0 Å². The van der Waals surface area contributed by atoms with Crippen molar-refractivity contribution < 1.29 is 19.2 Å². The Morgan fingerprint density at radius 1 is 1.11 bits per heavy atom. The van der Waals surface area contributed by atoms with Gasteiger partial charge in [0.2, 0.25) is 0 Å². The van der Waals surface area contributed by atoms with Crippen LogP contribution in [-0.4, -0.2) is 55.1 Å². The molecule has 0 radical (unpaired) electrons. The van der Waals surface area contributed by atoms with Gasteiger partial charge in [-0.15, -0.1) is 10.2 Å². The van der Waals surface area contributed by atoms with E-state index >= 15 is 0 Å². The van der Waals surface area contributed by atoms with E-state index in [9.17, 15) is 19.7 Å². The minimum atomic E-state index is -0.520. The summed E-state index contributed by atoms with van der Waals surface area (Å²) in [4.78, 5) is 37.0. The Labute approximate surface area is 265 Å². The van der Waals surface area contributed by atoms with Crippen molar-refractivity contribution in [2.45, 2.75) is 31.1 Å². The largest absolute Gasteiger partial charge is 0.497 e. The number of carbonyl (C=O) groups is 2. The topological polar surface area (TPSA) is 145 Å². The molecular formula is C30H28BrN7O5S. The van der Waals surface area contributed by atoms with Gasteiger partial charge in [-0.25, -0.2) is 5.01 Å². The summed E-state index contributed by atoms with van der Waals surface area (Å²) in [5, 5.41) is 29.1. The second kappa shape index (κ2) is 13.4. The second-order valence-electron chi connectivity index (χ2n) is 9.92. The number of amides is 2. The molecule has 12 nitrogen and oxygen atoms in total. The van der Waals surface area contributed by atoms with Gasteiger partial charge in [-0.1, -0.05) is 58.0 Å². The van der Waals surface area contributed by atoms with Crippen LogP contribution < -0.4 is 10.1 Å². The summed E-state index contributed by atoms with van der Waals surface area (Å²) in [7, 11) is 3.35. The zero-order valence-electron chi connectivity index (χ0n) is 24.1. The maximum absolute atomic E-state index is 13.6. The lowest BCUT2D eigenvalue weighted by Gasteiger charge is -2.22. The van der Waals surface area contributed by atoms with Crippen molar-refractivity contribution in [3.05, 3.63) is 109 Å². The number of hydrogen-bond donors (Lipinski definition) is 1. The molecule has 1 unspecified atom stereocenters. The fraction of sp³-hybridized carbons (Fsp3) is 0.233. The number of thioether (sulfide) groups is 1. The third kappa shape index (κ3) is 6.65. The Hall–Kier alpha value is -4.56. The summed E-state index contributed by atoms with van der Waals surface area (Å²) in [5.41, 5.74) is 3.06. The van der Waals surface area contributed by atoms with Crippen molar-refractivity contribution in [1.29, 1.82) is 0 Å². The van der Waals surface area contributed by atoms with E-state index < -0.39 is 10.8 Å². The highest BCUT2D eigenvalue weighted by Crippen LogP contribution is 2.34. The van der Waals surface area contributed by atoms with Crippen LogP contribution >= 0.6 is 27.7 Å². The molecule has 5 rings (SSSR count). The first-order valence-electron chi connectivity index (χ1n) is 13.5. The van der Waals surface area contributed by atoms with E-state index in [1.54, 1.807) is 18.7 Å². The van der Waals surface area contributed by atoms with Crippen LogP contribution in [0.1, 0.15) is 45.3 Å². The molecule has 1 aromatic heterocycles. The zero-order valence-corrected chi connectivity index (χ0v) is 26.5. The fourth-order valence-electron chi connectivity index (χ4n) is 4.78. The van der Waals surface area contributed by atoms with Crippen molar-refractivity contribution in [3.63, 3.8) is 0 Å². The van der Waals surface area contributed by atoms with Crippen LogP contribution in [0.2, 0.25) is 0 Å². The number of hydrazone groups is 1. The average Bonchev–Trinajstić information content (AvgIpc) is 3.63. The molecule has 1 aliphatic rings. The highest BCUT2D eigenvalue weighted by Gasteiger charge is 2.33. The Kier molecular flexibility index (Phi) is 9.40. The quantitative estimate of drug-likeness (QED) is 0.137. The number of halogens is 1. The molecule has 2 amide bonds. The molecule has 44 heavy (non-hydrogen) atoms. The van der Waals surface area contributed by atoms with Crippen molar-refractivity contribution in [1.82, 2.24) is 25.1 Å². The molecule has 1 atom stereocenters. The number of hydrogen-bond acceptors (Lipinski definition) is 9. The third-order valence-corrected chi connectivity index (χ3v) is 8.78. The number of rotatable bonds is 10. The first-order valence-corrected chi connectivity index (χ1v) is 15.3. The molecule has 1 N–H and O–H groups in total. The van der Waals surface area contributed by atoms with Crippen LogP contribution in [0.15, 0.2) is 81.5 Å². The van der Waals surface area contributed by atoms with Gasteiger partial charge in [0, 0.05) is 35.1 Å². The SMILES string of the molecule is COc1ccc(C2CC(c3ccc(Br)cc3)=NN2C(=O)CSc2nnc(CNC(=O)c3cccc([N+](=O)[O-])c3C)n2C)cc1. The Balaban J connectivity index is 1.27. The zero-order chi connectivity index (χ0) is 31.4. The first-order chi connectivity index (χ1) is 21.2. The molecule has 14 heteroatoms. The van der Waals surface area contributed by atoms with Gasteiger partial charge in [-0.05, 0) is 48.4 Å². The van der Waals surface area contributed by atoms with Crippen LogP contribution in [0.4, 0.5) is 5.69 Å². The molecule has 4 aromatic rings. The summed E-state index contributed by atoms with van der Waals surface area (Å²) >= 11 is 4.68. The van der Waals surface area contributed by atoms with Crippen LogP contribution in [0, 0.1) is 17.0 Å². The number of methoxy groups -OCH3 is 1. The van der Waals surface area contributed by atoms with Crippen LogP contribution in [0.5, 0.6) is 5.75 Å². The Morgan fingerprint density at radius 3 is 2.52 bits per heavy atom. The highest BCUT2D eigenvalue weighted by molar-refractivity contribution is 9.10. The number of nitrogens with one attached hydrogen (secondary N) is 1. The molecule has 0 aliphatic carbocycles. The van der Waals surface area contributed by atoms with Gasteiger partial charge in [0.05, 0.1) is 36.1 Å². The molecule has 226 valence electrons. The third-order valence-electron chi connectivity index (χ3n) is 7.25. The van der Waals surface area contributed by atoms with Gasteiger partial charge < -0.3 is 14.6 Å². The molecule has 0 fully saturated rings. The van der Waals surface area contributed by atoms with Crippen molar-refractivity contribution >= 4 is 50.9 Å². The predicted molar refractivity (Wildman–Crippen MR) is 169 cm³/mol. The number of nitro benzene ring substituents is 1. The van der Waals surface area contributed by atoms with Crippen LogP contribution in [0.3, 0.4) is 0 Å². The van der Waals surface area contributed by atoms with E-state index in [-0.39, 0.29) is 41.1 Å². The van der Waals surface area contributed by atoms with E-state index in [0.717, 1.165) is 27.1 Å². The molecule has 0 bridgehead atoms. The van der Waals surface area contributed by atoms with Gasteiger partial charge in [0.15, 0.2) is 11.0 Å². The van der Waals surface area contributed by atoms with Gasteiger partial charge in [0.1, 0.15) is 5.75 Å². The van der Waals surface area contributed by atoms with Crippen LogP contribution in [-0.2, 0) is 18.4 Å². The van der Waals surface area contributed by atoms with Gasteiger partial charge in [-0.2, -0.15) is 5.10 Å². The van der Waals surface area contributed by atoms with Gasteiger partial charge in [-0.3, -0.25) is 19.7 Å². The number of aromatic nitrogens is 3. The molecule has 0 spiro atoms. The average molecular weight is 679 g/mol. The van der Waals surface area contributed by atoms with E-state index in [4.69, 9.17) is 9.84 Å². The smallest absolute Gasteiger partial charge is 0.273 e. The minimum absolute atomic E-state index is 0.0471. The minimum Gasteiger partial charge on any atom is -0.497 e. The second-order valence-corrected chi connectivity index (χ2v) is 11.8. The number of benzene rings is 3. The van der Waals surface area contributed by atoms with Crippen molar-refractivity contribution in [3.8, 4) is 5.75 Å². The molecule has 0 saturated carbocycles. The number of carbonyl (C=O) groups excluding carboxylic acids is 2. The first kappa shape index (κ1) is 30.9. The molecule has 1 aliphatic heterocycles. The standard InChI is InChI=1S/C30H28BrN7O5S/c1-18-23(5-4-6-25(18)38(41)42)29(40)32-16-27-33-34-30(36(27)2)44-17-28(39)37-26(20-9-13-22(43-3)14-10-20)15-24(35-37)19-7-11-21(31)12-8-19/h4-14,26H,15-17H2,1-3H3,(H,32,40). The molecular weight excluding hydrogens is 650 g/mol. The molecule has 2 heterocycles. The monoisotopic (exact) mass is 677 g/mol. The number of ether oxygens (including phenoxy) is 1. The van der Waals surface area contributed by atoms with Gasteiger partial charge >= 0.3 is 0 Å². The maximum atomic E-state index is 13.6. The number of nitrogens with zero attached hydrogens (tertiary/aromatic N) is 6. The van der Waals surface area contributed by atoms with Crippen molar-refractivity contribution in [2.75, 3.05) is 12.9 Å². The van der Waals surface area contributed by atoms with E-state index in [1.807, 2.05) is 48.5 Å². The van der Waals surface area contributed by atoms with Crippen molar-refractivity contribution in [2.24, 2.45) is 12.1 Å². The van der Waals surface area contributed by atoms with E-state index in [1.165, 1.54) is 41.9 Å².